The second-order valence-electron chi connectivity index (χ2n) is 4.79. The minimum absolute atomic E-state index is 0.137. The van der Waals surface area contributed by atoms with Gasteiger partial charge in [-0.25, -0.2) is 9.78 Å². The van der Waals surface area contributed by atoms with Gasteiger partial charge in [0.1, 0.15) is 12.9 Å². The van der Waals surface area contributed by atoms with Crippen LogP contribution in [0.2, 0.25) is 0 Å². The third kappa shape index (κ3) is 2.10. The van der Waals surface area contributed by atoms with Gasteiger partial charge < -0.3 is 15.1 Å². The number of amides is 1. The lowest BCUT2D eigenvalue weighted by atomic mass is 10.1. The average Bonchev–Trinajstić information content (AvgIpc) is 2.84. The Balaban J connectivity index is 2.22. The molecule has 2 heterocycles. The van der Waals surface area contributed by atoms with E-state index < -0.39 is 24.4 Å². The zero-order valence-electron chi connectivity index (χ0n) is 11.3. The number of hydrogen-bond donors (Lipinski definition) is 2. The van der Waals surface area contributed by atoms with E-state index in [1.165, 1.54) is 10.9 Å². The summed E-state index contributed by atoms with van der Waals surface area (Å²) in [7, 11) is 0. The second-order valence-corrected chi connectivity index (χ2v) is 4.79. The number of imidazole rings is 1. The highest BCUT2D eigenvalue weighted by atomic mass is 16.4. The Morgan fingerprint density at radius 2 is 1.95 bits per heavy atom. The first-order chi connectivity index (χ1) is 10.5. The summed E-state index contributed by atoms with van der Waals surface area (Å²) in [5.41, 5.74) is 0.860. The summed E-state index contributed by atoms with van der Waals surface area (Å²) in [5, 5.41) is 18.2. The van der Waals surface area contributed by atoms with Crippen LogP contribution in [0.5, 0.6) is 0 Å². The van der Waals surface area contributed by atoms with Crippen molar-refractivity contribution < 1.29 is 24.6 Å². The molecule has 8 nitrogen and oxygen atoms in total. The Bertz CT molecular complexity index is 796. The van der Waals surface area contributed by atoms with Crippen molar-refractivity contribution in [1.82, 2.24) is 14.5 Å². The van der Waals surface area contributed by atoms with Crippen molar-refractivity contribution >= 4 is 17.8 Å². The summed E-state index contributed by atoms with van der Waals surface area (Å²) >= 11 is 0. The van der Waals surface area contributed by atoms with Crippen LogP contribution in [-0.2, 0) is 11.3 Å². The highest BCUT2D eigenvalue weighted by Gasteiger charge is 2.30. The first kappa shape index (κ1) is 13.8. The van der Waals surface area contributed by atoms with Gasteiger partial charge in [0.15, 0.2) is 5.69 Å². The minimum atomic E-state index is -1.23. The van der Waals surface area contributed by atoms with Crippen LogP contribution in [0.1, 0.15) is 26.5 Å². The fraction of sp³-hybridized carbons (Fsp3) is 0.143. The first-order valence-corrected chi connectivity index (χ1v) is 6.39. The quantitative estimate of drug-likeness (QED) is 0.859. The summed E-state index contributed by atoms with van der Waals surface area (Å²) in [4.78, 5) is 39.7. The fourth-order valence-corrected chi connectivity index (χ4v) is 2.49. The summed E-state index contributed by atoms with van der Waals surface area (Å²) < 4.78 is 1.51. The number of nitrogens with zero attached hydrogens (tertiary/aromatic N) is 3. The van der Waals surface area contributed by atoms with E-state index in [4.69, 9.17) is 5.11 Å². The maximum atomic E-state index is 12.5. The molecule has 0 aliphatic carbocycles. The number of aromatic carboxylic acids is 1. The molecule has 0 bridgehead atoms. The molecule has 0 unspecified atom stereocenters. The molecule has 1 aromatic carbocycles. The van der Waals surface area contributed by atoms with Gasteiger partial charge in [0.25, 0.3) is 5.91 Å². The van der Waals surface area contributed by atoms with Crippen LogP contribution in [0.25, 0.3) is 5.69 Å². The zero-order chi connectivity index (χ0) is 15.9. The molecular weight excluding hydrogens is 290 g/mol. The number of aliphatic carboxylic acids is 1. The predicted octanol–water partition coefficient (Wildman–Crippen LogP) is 0.611. The Labute approximate surface area is 124 Å². The summed E-state index contributed by atoms with van der Waals surface area (Å²) in [6.45, 7) is -0.654. The smallest absolute Gasteiger partial charge is 0.356 e. The first-order valence-electron chi connectivity index (χ1n) is 6.39. The van der Waals surface area contributed by atoms with Crippen LogP contribution < -0.4 is 0 Å². The number of carboxylic acid groups (broad SMARTS) is 2. The molecule has 0 saturated heterocycles. The molecular formula is C14H11N3O5. The van der Waals surface area contributed by atoms with Gasteiger partial charge in [-0.3, -0.25) is 14.2 Å². The maximum absolute atomic E-state index is 12.5. The van der Waals surface area contributed by atoms with E-state index in [1.54, 1.807) is 24.3 Å². The molecule has 1 aliphatic heterocycles. The summed E-state index contributed by atoms with van der Waals surface area (Å²) in [5.74, 6) is -2.86. The van der Waals surface area contributed by atoms with E-state index in [0.717, 1.165) is 4.90 Å². The second kappa shape index (κ2) is 4.99. The molecule has 1 aromatic heterocycles. The van der Waals surface area contributed by atoms with Crippen molar-refractivity contribution in [1.29, 1.82) is 0 Å². The van der Waals surface area contributed by atoms with Gasteiger partial charge in [-0.1, -0.05) is 12.1 Å². The number of hydrogen-bond acceptors (Lipinski definition) is 4. The lowest BCUT2D eigenvalue weighted by Gasteiger charge is -2.18. The normalized spacial score (nSPS) is 13.3. The Morgan fingerprint density at radius 3 is 2.64 bits per heavy atom. The average molecular weight is 301 g/mol. The number of para-hydroxylation sites is 1. The van der Waals surface area contributed by atoms with E-state index in [2.05, 4.69) is 4.98 Å². The standard InChI is InChI=1S/C14H11N3O5/c18-11(19)6-16-5-10-12(14(21)22)15-7-17(10)9-4-2-1-3-8(9)13(16)20/h1-4,7H,5-6H2,(H,18,19)(H,21,22). The van der Waals surface area contributed by atoms with Gasteiger partial charge in [-0.15, -0.1) is 0 Å². The van der Waals surface area contributed by atoms with E-state index in [-0.39, 0.29) is 17.9 Å². The van der Waals surface area contributed by atoms with Gasteiger partial charge in [0, 0.05) is 0 Å². The van der Waals surface area contributed by atoms with Crippen LogP contribution in [0.4, 0.5) is 0 Å². The Morgan fingerprint density at radius 1 is 1.23 bits per heavy atom. The number of aromatic nitrogens is 2. The molecule has 1 amide bonds. The number of benzene rings is 1. The molecule has 2 N–H and O–H groups in total. The van der Waals surface area contributed by atoms with Crippen LogP contribution >= 0.6 is 0 Å². The molecule has 22 heavy (non-hydrogen) atoms. The van der Waals surface area contributed by atoms with Crippen LogP contribution in [0.3, 0.4) is 0 Å². The van der Waals surface area contributed by atoms with Crippen molar-refractivity contribution in [3.63, 3.8) is 0 Å². The summed E-state index contributed by atoms with van der Waals surface area (Å²) in [6.07, 6.45) is 1.33. The molecule has 1 aliphatic rings. The number of carbonyl (C=O) groups excluding carboxylic acids is 1. The van der Waals surface area contributed by atoms with Crippen molar-refractivity contribution in [3.8, 4) is 5.69 Å². The van der Waals surface area contributed by atoms with Gasteiger partial charge in [-0.05, 0) is 12.1 Å². The van der Waals surface area contributed by atoms with Crippen LogP contribution in [0.15, 0.2) is 30.6 Å². The van der Waals surface area contributed by atoms with E-state index in [9.17, 15) is 19.5 Å². The molecule has 0 radical (unpaired) electrons. The maximum Gasteiger partial charge on any atom is 0.356 e. The third-order valence-electron chi connectivity index (χ3n) is 3.42. The van der Waals surface area contributed by atoms with Crippen molar-refractivity contribution in [2.45, 2.75) is 6.54 Å². The number of carboxylic acids is 2. The molecule has 0 saturated carbocycles. The number of fused-ring (bicyclic) bond motifs is 3. The third-order valence-corrected chi connectivity index (χ3v) is 3.42. The van der Waals surface area contributed by atoms with Gasteiger partial charge in [-0.2, -0.15) is 0 Å². The Hall–Kier alpha value is -3.16. The Kier molecular flexibility index (Phi) is 3.13. The molecule has 0 atom stereocenters. The molecule has 2 aromatic rings. The zero-order valence-corrected chi connectivity index (χ0v) is 11.3. The minimum Gasteiger partial charge on any atom is -0.480 e. The fourth-order valence-electron chi connectivity index (χ4n) is 2.49. The van der Waals surface area contributed by atoms with Crippen molar-refractivity contribution in [2.24, 2.45) is 0 Å². The number of carbonyl (C=O) groups is 3. The van der Waals surface area contributed by atoms with Crippen LogP contribution in [-0.4, -0.2) is 49.1 Å². The monoisotopic (exact) mass is 301 g/mol. The van der Waals surface area contributed by atoms with E-state index in [1.807, 2.05) is 0 Å². The molecule has 8 heteroatoms. The highest BCUT2D eigenvalue weighted by molar-refractivity contribution is 6.00. The van der Waals surface area contributed by atoms with Gasteiger partial charge in [0.05, 0.1) is 23.5 Å². The largest absolute Gasteiger partial charge is 0.480 e. The van der Waals surface area contributed by atoms with Crippen LogP contribution in [0, 0.1) is 0 Å². The molecule has 0 spiro atoms. The lowest BCUT2D eigenvalue weighted by Crippen LogP contribution is -2.34. The highest BCUT2D eigenvalue weighted by Crippen LogP contribution is 2.26. The SMILES string of the molecule is O=C(O)CN1Cc2c(C(=O)O)ncn2-c2ccccc2C1=O. The van der Waals surface area contributed by atoms with Gasteiger partial charge in [0.2, 0.25) is 0 Å². The number of rotatable bonds is 3. The molecule has 3 rings (SSSR count). The van der Waals surface area contributed by atoms with Gasteiger partial charge >= 0.3 is 11.9 Å². The molecule has 0 fully saturated rings. The van der Waals surface area contributed by atoms with Crippen molar-refractivity contribution in [2.75, 3.05) is 6.54 Å². The topological polar surface area (TPSA) is 113 Å². The van der Waals surface area contributed by atoms with Crippen molar-refractivity contribution in [3.05, 3.63) is 47.5 Å². The summed E-state index contributed by atoms with van der Waals surface area (Å²) in [6, 6.07) is 6.61. The van der Waals surface area contributed by atoms with E-state index in [0.29, 0.717) is 11.3 Å². The van der Waals surface area contributed by atoms with E-state index >= 15 is 0 Å². The molecule has 112 valence electrons. The lowest BCUT2D eigenvalue weighted by molar-refractivity contribution is -0.137. The predicted molar refractivity (Wildman–Crippen MR) is 72.9 cm³/mol.